The van der Waals surface area contributed by atoms with Gasteiger partial charge in [0.1, 0.15) is 0 Å². The van der Waals surface area contributed by atoms with Crippen LogP contribution in [0.1, 0.15) is 24.8 Å². The monoisotopic (exact) mass is 294 g/mol. The minimum absolute atomic E-state index is 0.00888. The molecule has 4 nitrogen and oxygen atoms in total. The van der Waals surface area contributed by atoms with Gasteiger partial charge in [0.2, 0.25) is 11.8 Å². The maximum Gasteiger partial charge on any atom is 0.225 e. The summed E-state index contributed by atoms with van der Waals surface area (Å²) in [5.74, 6) is -2.54. The second kappa shape index (κ2) is 5.42. The lowest BCUT2D eigenvalue weighted by Crippen LogP contribution is -2.33. The van der Waals surface area contributed by atoms with Gasteiger partial charge >= 0.3 is 0 Å². The lowest BCUT2D eigenvalue weighted by atomic mass is 10.1. The van der Waals surface area contributed by atoms with Gasteiger partial charge in [0.15, 0.2) is 11.6 Å². The van der Waals surface area contributed by atoms with Crippen molar-refractivity contribution in [2.45, 2.75) is 31.8 Å². The van der Waals surface area contributed by atoms with Crippen LogP contribution < -0.4 is 5.32 Å². The summed E-state index contributed by atoms with van der Waals surface area (Å²) in [6.07, 6.45) is 2.22. The number of hydrogen-bond acceptors (Lipinski definition) is 2. The molecular weight excluding hydrogens is 278 g/mol. The number of rotatable bonds is 4. The summed E-state index contributed by atoms with van der Waals surface area (Å²) in [5, 5.41) is 2.58. The van der Waals surface area contributed by atoms with E-state index in [0.29, 0.717) is 12.6 Å². The first-order chi connectivity index (χ1) is 10.1. The molecule has 1 unspecified atom stereocenters. The maximum absolute atomic E-state index is 13.5. The topological polar surface area (TPSA) is 49.4 Å². The Kier molecular flexibility index (Phi) is 3.61. The summed E-state index contributed by atoms with van der Waals surface area (Å²) in [6.45, 7) is 0.359. The van der Waals surface area contributed by atoms with E-state index >= 15 is 0 Å². The van der Waals surface area contributed by atoms with Gasteiger partial charge in [-0.05, 0) is 18.9 Å². The molecule has 0 spiro atoms. The number of halogens is 2. The van der Waals surface area contributed by atoms with Crippen molar-refractivity contribution >= 4 is 11.8 Å². The van der Waals surface area contributed by atoms with E-state index in [-0.39, 0.29) is 30.3 Å². The smallest absolute Gasteiger partial charge is 0.225 e. The highest BCUT2D eigenvalue weighted by molar-refractivity contribution is 5.89. The SMILES string of the molecule is O=C(NCc1cccc(F)c1F)C1CC(=O)N(C2CC2)C1. The molecule has 0 aromatic heterocycles. The molecule has 1 heterocycles. The first kappa shape index (κ1) is 14.0. The van der Waals surface area contributed by atoms with Crippen LogP contribution in [0.5, 0.6) is 0 Å². The summed E-state index contributed by atoms with van der Waals surface area (Å²) in [6, 6.07) is 4.16. The first-order valence-electron chi connectivity index (χ1n) is 7.06. The van der Waals surface area contributed by atoms with Gasteiger partial charge in [0.05, 0.1) is 5.92 Å². The van der Waals surface area contributed by atoms with Gasteiger partial charge in [-0.3, -0.25) is 9.59 Å². The number of nitrogens with one attached hydrogen (secondary N) is 1. The van der Waals surface area contributed by atoms with Crippen LogP contribution in [0, 0.1) is 17.6 Å². The number of benzene rings is 1. The number of carbonyl (C=O) groups is 2. The molecule has 1 saturated heterocycles. The molecule has 0 radical (unpaired) electrons. The third-order valence-electron chi connectivity index (χ3n) is 4.00. The number of nitrogens with zero attached hydrogens (tertiary/aromatic N) is 1. The molecule has 2 amide bonds. The highest BCUT2D eigenvalue weighted by Crippen LogP contribution is 2.32. The van der Waals surface area contributed by atoms with Crippen LogP contribution in [0.25, 0.3) is 0 Å². The Balaban J connectivity index is 1.57. The van der Waals surface area contributed by atoms with E-state index in [0.717, 1.165) is 18.9 Å². The largest absolute Gasteiger partial charge is 0.352 e. The van der Waals surface area contributed by atoms with Gasteiger partial charge in [-0.25, -0.2) is 8.78 Å². The quantitative estimate of drug-likeness (QED) is 0.917. The van der Waals surface area contributed by atoms with E-state index in [2.05, 4.69) is 5.32 Å². The average molecular weight is 294 g/mol. The Morgan fingerprint density at radius 2 is 2.10 bits per heavy atom. The molecule has 1 N–H and O–H groups in total. The standard InChI is InChI=1S/C15H16F2N2O2/c16-12-3-1-2-9(14(12)17)7-18-15(21)10-6-13(20)19(8-10)11-4-5-11/h1-3,10-11H,4-8H2,(H,18,21). The van der Waals surface area contributed by atoms with Gasteiger partial charge in [0, 0.05) is 31.1 Å². The van der Waals surface area contributed by atoms with Crippen molar-refractivity contribution in [3.63, 3.8) is 0 Å². The minimum Gasteiger partial charge on any atom is -0.352 e. The molecule has 112 valence electrons. The first-order valence-corrected chi connectivity index (χ1v) is 7.06. The fraction of sp³-hybridized carbons (Fsp3) is 0.467. The van der Waals surface area contributed by atoms with Crippen molar-refractivity contribution < 1.29 is 18.4 Å². The van der Waals surface area contributed by atoms with Gasteiger partial charge in [0.25, 0.3) is 0 Å². The predicted molar refractivity (Wildman–Crippen MR) is 71.0 cm³/mol. The molecule has 21 heavy (non-hydrogen) atoms. The molecule has 1 atom stereocenters. The van der Waals surface area contributed by atoms with Crippen molar-refractivity contribution in [2.75, 3.05) is 6.54 Å². The van der Waals surface area contributed by atoms with E-state index in [1.165, 1.54) is 12.1 Å². The van der Waals surface area contributed by atoms with E-state index in [1.54, 1.807) is 4.90 Å². The minimum atomic E-state index is -0.945. The second-order valence-electron chi connectivity index (χ2n) is 5.61. The second-order valence-corrected chi connectivity index (χ2v) is 5.61. The van der Waals surface area contributed by atoms with E-state index in [9.17, 15) is 18.4 Å². The molecule has 3 rings (SSSR count). The van der Waals surface area contributed by atoms with Crippen LogP contribution in [-0.4, -0.2) is 29.3 Å². The molecule has 0 bridgehead atoms. The summed E-state index contributed by atoms with van der Waals surface area (Å²) < 4.78 is 26.5. The summed E-state index contributed by atoms with van der Waals surface area (Å²) >= 11 is 0. The van der Waals surface area contributed by atoms with Gasteiger partial charge < -0.3 is 10.2 Å². The van der Waals surface area contributed by atoms with Crippen LogP contribution in [-0.2, 0) is 16.1 Å². The normalized spacial score (nSPS) is 21.7. The summed E-state index contributed by atoms with van der Waals surface area (Å²) in [7, 11) is 0. The zero-order valence-electron chi connectivity index (χ0n) is 11.4. The van der Waals surface area contributed by atoms with Crippen molar-refractivity contribution in [3.8, 4) is 0 Å². The number of likely N-dealkylation sites (tertiary alicyclic amines) is 1. The van der Waals surface area contributed by atoms with Crippen molar-refractivity contribution in [1.82, 2.24) is 10.2 Å². The van der Waals surface area contributed by atoms with E-state index < -0.39 is 17.6 Å². The highest BCUT2D eigenvalue weighted by Gasteiger charge is 2.41. The third-order valence-corrected chi connectivity index (χ3v) is 4.00. The lowest BCUT2D eigenvalue weighted by Gasteiger charge is -2.15. The number of amides is 2. The lowest BCUT2D eigenvalue weighted by molar-refractivity contribution is -0.129. The van der Waals surface area contributed by atoms with E-state index in [4.69, 9.17) is 0 Å². The van der Waals surface area contributed by atoms with Crippen LogP contribution in [0.2, 0.25) is 0 Å². The summed E-state index contributed by atoms with van der Waals surface area (Å²) in [4.78, 5) is 25.6. The zero-order chi connectivity index (χ0) is 15.0. The van der Waals surface area contributed by atoms with Crippen LogP contribution in [0.3, 0.4) is 0 Å². The fourth-order valence-electron chi connectivity index (χ4n) is 2.66. The maximum atomic E-state index is 13.5. The molecule has 1 aliphatic carbocycles. The van der Waals surface area contributed by atoms with Gasteiger partial charge in [-0.1, -0.05) is 12.1 Å². The molecule has 2 fully saturated rings. The molecule has 1 aromatic carbocycles. The molecule has 1 aromatic rings. The zero-order valence-corrected chi connectivity index (χ0v) is 11.4. The van der Waals surface area contributed by atoms with E-state index in [1.807, 2.05) is 0 Å². The predicted octanol–water partition coefficient (Wildman–Crippen LogP) is 1.59. The molecule has 1 aliphatic heterocycles. The fourth-order valence-corrected chi connectivity index (χ4v) is 2.66. The van der Waals surface area contributed by atoms with Crippen molar-refractivity contribution in [1.29, 1.82) is 0 Å². The van der Waals surface area contributed by atoms with Crippen molar-refractivity contribution in [2.24, 2.45) is 5.92 Å². The Labute approximate surface area is 121 Å². The van der Waals surface area contributed by atoms with Crippen molar-refractivity contribution in [3.05, 3.63) is 35.4 Å². The number of carbonyl (C=O) groups excluding carboxylic acids is 2. The Morgan fingerprint density at radius 1 is 1.33 bits per heavy atom. The van der Waals surface area contributed by atoms with Crippen LogP contribution >= 0.6 is 0 Å². The van der Waals surface area contributed by atoms with Crippen LogP contribution in [0.4, 0.5) is 8.78 Å². The highest BCUT2D eigenvalue weighted by atomic mass is 19.2. The Bertz CT molecular complexity index is 587. The average Bonchev–Trinajstić information content (AvgIpc) is 3.23. The Hall–Kier alpha value is -1.98. The van der Waals surface area contributed by atoms with Gasteiger partial charge in [-0.15, -0.1) is 0 Å². The van der Waals surface area contributed by atoms with Gasteiger partial charge in [-0.2, -0.15) is 0 Å². The Morgan fingerprint density at radius 3 is 2.81 bits per heavy atom. The molecule has 2 aliphatic rings. The van der Waals surface area contributed by atoms with Crippen LogP contribution in [0.15, 0.2) is 18.2 Å². The molecule has 1 saturated carbocycles. The number of hydrogen-bond donors (Lipinski definition) is 1. The molecular formula is C15H16F2N2O2. The third kappa shape index (κ3) is 2.89. The molecule has 6 heteroatoms. The summed E-state index contributed by atoms with van der Waals surface area (Å²) in [5.41, 5.74) is 0.103.